The summed E-state index contributed by atoms with van der Waals surface area (Å²) >= 11 is 0. The minimum absolute atomic E-state index is 0.0273. The van der Waals surface area contributed by atoms with E-state index in [9.17, 15) is 29.8 Å². The molecule has 6 atom stereocenters. The van der Waals surface area contributed by atoms with E-state index in [-0.39, 0.29) is 41.1 Å². The Bertz CT molecular complexity index is 942. The van der Waals surface area contributed by atoms with Gasteiger partial charge in [-0.05, 0) is 43.9 Å². The molecule has 0 aliphatic heterocycles. The van der Waals surface area contributed by atoms with Gasteiger partial charge in [0, 0.05) is 18.1 Å². The van der Waals surface area contributed by atoms with E-state index in [1.54, 1.807) is 6.92 Å². The number of rotatable bonds is 6. The van der Waals surface area contributed by atoms with E-state index >= 15 is 0 Å². The third-order valence-electron chi connectivity index (χ3n) is 6.68. The van der Waals surface area contributed by atoms with Crippen molar-refractivity contribution in [3.63, 3.8) is 0 Å². The maximum Gasteiger partial charge on any atom is 0.338 e. The standard InChI is InChI=1S/C21H22N2O8/c1-2-30-21(25)19-11-3-4-15-16(19)5-6-18(17(15)9-11)31-20(24)12-7-13(22(26)27)10-14(8-12)23(28)29/h3-4,7-8,10-11,15-19H,2,5-6,9H2,1H3/t11?,15?,16?,17?,18-,19?/m1/s1. The van der Waals surface area contributed by atoms with E-state index in [0.717, 1.165) is 18.2 Å². The van der Waals surface area contributed by atoms with Crippen LogP contribution in [-0.4, -0.2) is 34.5 Å². The summed E-state index contributed by atoms with van der Waals surface area (Å²) in [5.41, 5.74) is -1.30. The lowest BCUT2D eigenvalue weighted by molar-refractivity contribution is -0.394. The third kappa shape index (κ3) is 3.77. The fraction of sp³-hybridized carbons (Fsp3) is 0.524. The summed E-state index contributed by atoms with van der Waals surface area (Å²) in [5, 5.41) is 22.2. The lowest BCUT2D eigenvalue weighted by Gasteiger charge is -2.53. The van der Waals surface area contributed by atoms with Crippen molar-refractivity contribution >= 4 is 23.3 Å². The molecule has 4 bridgehead atoms. The molecular formula is C21H22N2O8. The molecule has 0 radical (unpaired) electrons. The van der Waals surface area contributed by atoms with Crippen molar-refractivity contribution in [2.24, 2.45) is 29.6 Å². The van der Waals surface area contributed by atoms with Gasteiger partial charge in [0.2, 0.25) is 0 Å². The summed E-state index contributed by atoms with van der Waals surface area (Å²) < 4.78 is 11.0. The average molecular weight is 430 g/mol. The number of hydrogen-bond donors (Lipinski definition) is 0. The fourth-order valence-electron chi connectivity index (χ4n) is 5.45. The number of benzene rings is 1. The number of nitro groups is 2. The average Bonchev–Trinajstić information content (AvgIpc) is 2.75. The van der Waals surface area contributed by atoms with Gasteiger partial charge >= 0.3 is 11.9 Å². The van der Waals surface area contributed by atoms with Crippen LogP contribution in [0.4, 0.5) is 11.4 Å². The van der Waals surface area contributed by atoms with Crippen LogP contribution in [0.1, 0.15) is 36.5 Å². The lowest BCUT2D eigenvalue weighted by atomic mass is 9.52. The van der Waals surface area contributed by atoms with Gasteiger partial charge in [-0.15, -0.1) is 0 Å². The molecule has 5 rings (SSSR count). The van der Waals surface area contributed by atoms with Crippen molar-refractivity contribution in [3.8, 4) is 0 Å². The second kappa shape index (κ2) is 8.09. The van der Waals surface area contributed by atoms with Crippen LogP contribution in [0.2, 0.25) is 0 Å². The maximum atomic E-state index is 12.7. The predicted octanol–water partition coefficient (Wildman–Crippen LogP) is 3.44. The summed E-state index contributed by atoms with van der Waals surface area (Å²) in [7, 11) is 0. The highest BCUT2D eigenvalue weighted by Gasteiger charge is 2.54. The Kier molecular flexibility index (Phi) is 5.47. The molecule has 2 saturated carbocycles. The minimum atomic E-state index is -0.817. The quantitative estimate of drug-likeness (QED) is 0.289. The van der Waals surface area contributed by atoms with Crippen molar-refractivity contribution in [1.29, 1.82) is 0 Å². The van der Waals surface area contributed by atoms with E-state index < -0.39 is 33.3 Å². The van der Waals surface area contributed by atoms with Gasteiger partial charge in [0.05, 0.1) is 34.0 Å². The highest BCUT2D eigenvalue weighted by Crippen LogP contribution is 2.55. The normalized spacial score (nSPS) is 30.5. The number of non-ortho nitro benzene ring substituents is 2. The molecule has 4 aliphatic rings. The first-order valence-corrected chi connectivity index (χ1v) is 10.3. The van der Waals surface area contributed by atoms with Crippen LogP contribution in [0.3, 0.4) is 0 Å². The molecular weight excluding hydrogens is 408 g/mol. The SMILES string of the molecule is CCOC(=O)C1C2C=CC3C1CC[C@@H](OC(=O)c1cc([N+](=O)[O-])cc([N+](=O)[O-])c1)C3C2. The van der Waals surface area contributed by atoms with Gasteiger partial charge in [-0.3, -0.25) is 25.0 Å². The van der Waals surface area contributed by atoms with Gasteiger partial charge in [-0.1, -0.05) is 12.2 Å². The molecule has 1 aromatic rings. The largest absolute Gasteiger partial charge is 0.466 e. The molecule has 10 heteroatoms. The van der Waals surface area contributed by atoms with E-state index in [4.69, 9.17) is 9.47 Å². The van der Waals surface area contributed by atoms with Crippen LogP contribution in [0.15, 0.2) is 30.4 Å². The van der Waals surface area contributed by atoms with Crippen molar-refractivity contribution < 1.29 is 28.9 Å². The zero-order valence-electron chi connectivity index (χ0n) is 16.8. The molecule has 164 valence electrons. The highest BCUT2D eigenvalue weighted by atomic mass is 16.6. The van der Waals surface area contributed by atoms with Crippen LogP contribution in [0, 0.1) is 49.8 Å². The molecule has 2 fully saturated rings. The van der Waals surface area contributed by atoms with E-state index in [2.05, 4.69) is 6.08 Å². The van der Waals surface area contributed by atoms with E-state index in [1.807, 2.05) is 6.08 Å². The first kappa shape index (κ1) is 21.0. The number of hydrogen-bond acceptors (Lipinski definition) is 8. The Hall–Kier alpha value is -3.30. The van der Waals surface area contributed by atoms with Crippen LogP contribution < -0.4 is 0 Å². The number of nitro benzene ring substituents is 2. The van der Waals surface area contributed by atoms with Gasteiger partial charge < -0.3 is 9.47 Å². The Balaban J connectivity index is 1.52. The molecule has 4 aliphatic carbocycles. The van der Waals surface area contributed by atoms with Crippen molar-refractivity contribution in [1.82, 2.24) is 0 Å². The Morgan fingerprint density at radius 2 is 1.71 bits per heavy atom. The number of esters is 2. The molecule has 5 unspecified atom stereocenters. The molecule has 0 saturated heterocycles. The van der Waals surface area contributed by atoms with Crippen LogP contribution >= 0.6 is 0 Å². The van der Waals surface area contributed by atoms with Crippen molar-refractivity contribution in [3.05, 3.63) is 56.1 Å². The van der Waals surface area contributed by atoms with Gasteiger partial charge in [0.1, 0.15) is 6.10 Å². The van der Waals surface area contributed by atoms with Crippen molar-refractivity contribution in [2.45, 2.75) is 32.3 Å². The van der Waals surface area contributed by atoms with Crippen LogP contribution in [-0.2, 0) is 14.3 Å². The molecule has 10 nitrogen and oxygen atoms in total. The summed E-state index contributed by atoms with van der Waals surface area (Å²) in [4.78, 5) is 45.8. The minimum Gasteiger partial charge on any atom is -0.466 e. The number of ether oxygens (including phenoxy) is 2. The van der Waals surface area contributed by atoms with E-state index in [0.29, 0.717) is 25.9 Å². The molecule has 0 heterocycles. The Morgan fingerprint density at radius 3 is 2.32 bits per heavy atom. The van der Waals surface area contributed by atoms with E-state index in [1.165, 1.54) is 0 Å². The smallest absolute Gasteiger partial charge is 0.338 e. The Morgan fingerprint density at radius 1 is 1.03 bits per heavy atom. The van der Waals surface area contributed by atoms with Crippen molar-refractivity contribution in [2.75, 3.05) is 6.61 Å². The summed E-state index contributed by atoms with van der Waals surface area (Å²) in [5.74, 6) is -0.877. The Labute approximate surface area is 177 Å². The van der Waals surface area contributed by atoms with Crippen LogP contribution in [0.25, 0.3) is 0 Å². The number of allylic oxidation sites excluding steroid dienone is 2. The summed E-state index contributed by atoms with van der Waals surface area (Å²) in [6, 6.07) is 2.79. The molecule has 0 N–H and O–H groups in total. The number of carbonyl (C=O) groups excluding carboxylic acids is 2. The first-order valence-electron chi connectivity index (χ1n) is 10.3. The predicted molar refractivity (Wildman–Crippen MR) is 106 cm³/mol. The summed E-state index contributed by atoms with van der Waals surface area (Å²) in [6.07, 6.45) is 5.67. The first-order chi connectivity index (χ1) is 14.8. The molecule has 1 aromatic carbocycles. The lowest BCUT2D eigenvalue weighted by Crippen LogP contribution is -2.53. The maximum absolute atomic E-state index is 12.7. The second-order valence-electron chi connectivity index (χ2n) is 8.24. The number of carbonyl (C=O) groups is 2. The second-order valence-corrected chi connectivity index (χ2v) is 8.24. The molecule has 31 heavy (non-hydrogen) atoms. The van der Waals surface area contributed by atoms with Gasteiger partial charge in [-0.2, -0.15) is 0 Å². The highest BCUT2D eigenvalue weighted by molar-refractivity contribution is 5.91. The fourth-order valence-corrected chi connectivity index (χ4v) is 5.45. The van der Waals surface area contributed by atoms with Gasteiger partial charge in [0.15, 0.2) is 0 Å². The zero-order chi connectivity index (χ0) is 22.3. The molecule has 0 spiro atoms. The zero-order valence-corrected chi connectivity index (χ0v) is 16.8. The third-order valence-corrected chi connectivity index (χ3v) is 6.68. The van der Waals surface area contributed by atoms with Crippen LogP contribution in [0.5, 0.6) is 0 Å². The molecule has 0 aromatic heterocycles. The molecule has 0 amide bonds. The monoisotopic (exact) mass is 430 g/mol. The summed E-state index contributed by atoms with van der Waals surface area (Å²) in [6.45, 7) is 2.12. The van der Waals surface area contributed by atoms with Gasteiger partial charge in [0.25, 0.3) is 11.4 Å². The number of nitrogens with zero attached hydrogens (tertiary/aromatic N) is 2. The van der Waals surface area contributed by atoms with Gasteiger partial charge in [-0.25, -0.2) is 4.79 Å². The topological polar surface area (TPSA) is 139 Å².